The number of nitrogens with one attached hydrogen (secondary N) is 1. The van der Waals surface area contributed by atoms with Crippen molar-refractivity contribution >= 4 is 0 Å². The van der Waals surface area contributed by atoms with Crippen molar-refractivity contribution in [1.82, 2.24) is 5.32 Å². The van der Waals surface area contributed by atoms with E-state index in [-0.39, 0.29) is 0 Å². The van der Waals surface area contributed by atoms with Crippen LogP contribution in [0.5, 0.6) is 0 Å². The molecular formula is C11H21N. The minimum atomic E-state index is 0.395. The van der Waals surface area contributed by atoms with Gasteiger partial charge >= 0.3 is 0 Å². The van der Waals surface area contributed by atoms with Crippen LogP contribution in [0.1, 0.15) is 40.5 Å². The molecule has 0 radical (unpaired) electrons. The third-order valence-electron chi connectivity index (χ3n) is 1.39. The first kappa shape index (κ1) is 11.3. The molecule has 0 aliphatic rings. The van der Waals surface area contributed by atoms with Gasteiger partial charge in [-0.1, -0.05) is 39.8 Å². The van der Waals surface area contributed by atoms with Crippen LogP contribution in [0.4, 0.5) is 0 Å². The molecule has 0 bridgehead atoms. The molecule has 0 spiro atoms. The van der Waals surface area contributed by atoms with E-state index in [0.29, 0.717) is 5.41 Å². The van der Waals surface area contributed by atoms with Crippen molar-refractivity contribution in [2.24, 2.45) is 5.41 Å². The fourth-order valence-corrected chi connectivity index (χ4v) is 0.722. The molecular weight excluding hydrogens is 146 g/mol. The summed E-state index contributed by atoms with van der Waals surface area (Å²) in [6.45, 7) is 8.83. The van der Waals surface area contributed by atoms with E-state index >= 15 is 0 Å². The molecule has 0 fully saturated rings. The summed E-state index contributed by atoms with van der Waals surface area (Å²) < 4.78 is 0. The van der Waals surface area contributed by atoms with Gasteiger partial charge in [0.1, 0.15) is 0 Å². The number of hydrogen-bond acceptors (Lipinski definition) is 1. The van der Waals surface area contributed by atoms with E-state index in [1.807, 2.05) is 12.4 Å². The fraction of sp³-hybridized carbons (Fsp3) is 0.636. The molecule has 0 saturated heterocycles. The second-order valence-corrected chi connectivity index (χ2v) is 4.14. The zero-order chi connectivity index (χ0) is 9.45. The normalized spacial score (nSPS) is 13.0. The van der Waals surface area contributed by atoms with Crippen molar-refractivity contribution < 1.29 is 0 Å². The van der Waals surface area contributed by atoms with Gasteiger partial charge in [0, 0.05) is 0 Å². The summed E-state index contributed by atoms with van der Waals surface area (Å²) in [7, 11) is 0. The summed E-state index contributed by atoms with van der Waals surface area (Å²) in [4.78, 5) is 0. The van der Waals surface area contributed by atoms with E-state index in [9.17, 15) is 0 Å². The molecule has 1 nitrogen and oxygen atoms in total. The second-order valence-electron chi connectivity index (χ2n) is 4.14. The summed E-state index contributed by atoms with van der Waals surface area (Å²) in [6.07, 6.45) is 10.4. The molecule has 70 valence electrons. The molecule has 0 aromatic rings. The Morgan fingerprint density at radius 3 is 2.17 bits per heavy atom. The minimum Gasteiger partial charge on any atom is -0.368 e. The Morgan fingerprint density at radius 2 is 1.67 bits per heavy atom. The Hall–Kier alpha value is -0.720. The second kappa shape index (κ2) is 5.87. The van der Waals surface area contributed by atoms with Gasteiger partial charge in [0.05, 0.1) is 0 Å². The Morgan fingerprint density at radius 1 is 1.08 bits per heavy atom. The summed E-state index contributed by atoms with van der Waals surface area (Å²) in [6, 6.07) is 0. The van der Waals surface area contributed by atoms with Crippen molar-refractivity contribution in [1.29, 1.82) is 0 Å². The van der Waals surface area contributed by atoms with Crippen molar-refractivity contribution in [3.8, 4) is 0 Å². The molecule has 0 aliphatic carbocycles. The van der Waals surface area contributed by atoms with E-state index in [0.717, 1.165) is 12.8 Å². The average molecular weight is 167 g/mol. The average Bonchev–Trinajstić information content (AvgIpc) is 1.94. The third kappa shape index (κ3) is 9.28. The zero-order valence-electron chi connectivity index (χ0n) is 8.72. The van der Waals surface area contributed by atoms with Gasteiger partial charge in [0.25, 0.3) is 0 Å². The smallest absolute Gasteiger partial charge is 0.00356 e. The lowest BCUT2D eigenvalue weighted by Crippen LogP contribution is -2.02. The first-order chi connectivity index (χ1) is 5.56. The topological polar surface area (TPSA) is 12.0 Å². The number of hydrogen-bond donors (Lipinski definition) is 1. The van der Waals surface area contributed by atoms with E-state index in [2.05, 4.69) is 45.2 Å². The standard InChI is InChI=1S/C11H21N/c1-5-6-9-12-10-7-8-11(2,3)4/h6-7,9-10,12H,5,8H2,1-4H3/b9-6-,10-7-. The first-order valence-corrected chi connectivity index (χ1v) is 4.62. The largest absolute Gasteiger partial charge is 0.368 e. The summed E-state index contributed by atoms with van der Waals surface area (Å²) >= 11 is 0. The van der Waals surface area contributed by atoms with Gasteiger partial charge in [-0.2, -0.15) is 0 Å². The summed E-state index contributed by atoms with van der Waals surface area (Å²) in [5.74, 6) is 0. The van der Waals surface area contributed by atoms with Crippen LogP contribution in [-0.4, -0.2) is 0 Å². The molecule has 1 heteroatoms. The molecule has 0 aromatic heterocycles. The Balaban J connectivity index is 3.44. The lowest BCUT2D eigenvalue weighted by Gasteiger charge is -2.14. The maximum atomic E-state index is 3.10. The van der Waals surface area contributed by atoms with Crippen molar-refractivity contribution in [3.63, 3.8) is 0 Å². The van der Waals surface area contributed by atoms with Gasteiger partial charge in [-0.05, 0) is 30.7 Å². The molecule has 0 heterocycles. The van der Waals surface area contributed by atoms with E-state index in [1.165, 1.54) is 0 Å². The van der Waals surface area contributed by atoms with Gasteiger partial charge in [0.2, 0.25) is 0 Å². The molecule has 12 heavy (non-hydrogen) atoms. The highest BCUT2D eigenvalue weighted by molar-refractivity contribution is 4.89. The molecule has 0 aromatic carbocycles. The fourth-order valence-electron chi connectivity index (χ4n) is 0.722. The van der Waals surface area contributed by atoms with E-state index in [4.69, 9.17) is 0 Å². The van der Waals surface area contributed by atoms with Crippen LogP contribution < -0.4 is 5.32 Å². The third-order valence-corrected chi connectivity index (χ3v) is 1.39. The minimum absolute atomic E-state index is 0.395. The molecule has 1 N–H and O–H groups in total. The lowest BCUT2D eigenvalue weighted by molar-refractivity contribution is 0.420. The van der Waals surface area contributed by atoms with Gasteiger partial charge in [-0.15, -0.1) is 0 Å². The number of rotatable bonds is 4. The van der Waals surface area contributed by atoms with Crippen LogP contribution in [0.2, 0.25) is 0 Å². The molecule has 0 saturated carbocycles. The van der Waals surface area contributed by atoms with Crippen LogP contribution in [0.15, 0.2) is 24.6 Å². The number of allylic oxidation sites excluding steroid dienone is 2. The monoisotopic (exact) mass is 167 g/mol. The first-order valence-electron chi connectivity index (χ1n) is 4.62. The van der Waals surface area contributed by atoms with Crippen LogP contribution in [0.25, 0.3) is 0 Å². The maximum absolute atomic E-state index is 3.10. The SMILES string of the molecule is CC/C=C\N/C=C\CC(C)(C)C. The molecule has 0 aliphatic heterocycles. The highest BCUT2D eigenvalue weighted by atomic mass is 14.8. The van der Waals surface area contributed by atoms with Gasteiger partial charge in [0.15, 0.2) is 0 Å². The molecule has 0 unspecified atom stereocenters. The Labute approximate surface area is 76.6 Å². The van der Waals surface area contributed by atoms with Crippen LogP contribution in [0, 0.1) is 5.41 Å². The van der Waals surface area contributed by atoms with Crippen LogP contribution in [-0.2, 0) is 0 Å². The lowest BCUT2D eigenvalue weighted by atomic mass is 9.92. The van der Waals surface area contributed by atoms with Gasteiger partial charge in [-0.25, -0.2) is 0 Å². The van der Waals surface area contributed by atoms with Crippen molar-refractivity contribution in [2.75, 3.05) is 0 Å². The Bertz CT molecular complexity index is 149. The maximum Gasteiger partial charge on any atom is -0.00356 e. The highest BCUT2D eigenvalue weighted by Crippen LogP contribution is 2.18. The van der Waals surface area contributed by atoms with Crippen molar-refractivity contribution in [2.45, 2.75) is 40.5 Å². The molecule has 0 amide bonds. The van der Waals surface area contributed by atoms with E-state index in [1.54, 1.807) is 0 Å². The summed E-state index contributed by atoms with van der Waals surface area (Å²) in [5.41, 5.74) is 0.395. The predicted octanol–water partition coefficient (Wildman–Crippen LogP) is 3.45. The van der Waals surface area contributed by atoms with E-state index < -0.39 is 0 Å². The van der Waals surface area contributed by atoms with Crippen molar-refractivity contribution in [3.05, 3.63) is 24.6 Å². The predicted molar refractivity (Wildman–Crippen MR) is 55.8 cm³/mol. The molecule has 0 atom stereocenters. The van der Waals surface area contributed by atoms with Gasteiger partial charge in [-0.3, -0.25) is 0 Å². The Kier molecular flexibility index (Phi) is 5.52. The van der Waals surface area contributed by atoms with Crippen LogP contribution >= 0.6 is 0 Å². The van der Waals surface area contributed by atoms with Crippen LogP contribution in [0.3, 0.4) is 0 Å². The molecule has 0 rings (SSSR count). The van der Waals surface area contributed by atoms with Gasteiger partial charge < -0.3 is 5.32 Å². The summed E-state index contributed by atoms with van der Waals surface area (Å²) in [5, 5.41) is 3.10. The quantitative estimate of drug-likeness (QED) is 0.676. The zero-order valence-corrected chi connectivity index (χ0v) is 8.72. The highest BCUT2D eigenvalue weighted by Gasteiger charge is 2.05.